The van der Waals surface area contributed by atoms with Gasteiger partial charge in [-0.05, 0) is 50.2 Å². The number of benzene rings is 1. The summed E-state index contributed by atoms with van der Waals surface area (Å²) in [6.45, 7) is 3.94. The Labute approximate surface area is 136 Å². The summed E-state index contributed by atoms with van der Waals surface area (Å²) in [6.07, 6.45) is 1.76. The number of pyridine rings is 2. The van der Waals surface area contributed by atoms with Crippen molar-refractivity contribution in [3.8, 4) is 0 Å². The molecule has 0 aliphatic carbocycles. The van der Waals surface area contributed by atoms with Gasteiger partial charge in [-0.3, -0.25) is 4.98 Å². The molecular weight excluding hydrogens is 284 g/mol. The van der Waals surface area contributed by atoms with Crippen molar-refractivity contribution in [2.45, 2.75) is 13.8 Å². The monoisotopic (exact) mass is 302 g/mol. The second kappa shape index (κ2) is 6.83. The maximum Gasteiger partial charge on any atom is 0.153 e. The Kier molecular flexibility index (Phi) is 4.43. The fourth-order valence-electron chi connectivity index (χ4n) is 2.24. The van der Waals surface area contributed by atoms with Crippen LogP contribution in [0.5, 0.6) is 0 Å². The first-order chi connectivity index (χ1) is 11.2. The summed E-state index contributed by atoms with van der Waals surface area (Å²) < 4.78 is 0. The topological polar surface area (TPSA) is 41.4 Å². The Morgan fingerprint density at radius 3 is 2.39 bits per heavy atom. The van der Waals surface area contributed by atoms with E-state index >= 15 is 0 Å². The molecule has 0 saturated heterocycles. The highest BCUT2D eigenvalue weighted by Gasteiger charge is 2.10. The Hall–Kier alpha value is -3.01. The van der Waals surface area contributed by atoms with Gasteiger partial charge >= 0.3 is 0 Å². The maximum atomic E-state index is 4.75. The first-order valence-corrected chi connectivity index (χ1v) is 7.49. The van der Waals surface area contributed by atoms with Crippen LogP contribution in [0.25, 0.3) is 0 Å². The quantitative estimate of drug-likeness (QED) is 0.531. The maximum absolute atomic E-state index is 4.75. The van der Waals surface area contributed by atoms with E-state index in [1.54, 1.807) is 6.20 Å². The highest BCUT2D eigenvalue weighted by molar-refractivity contribution is 5.97. The predicted molar refractivity (Wildman–Crippen MR) is 94.0 cm³/mol. The lowest BCUT2D eigenvalue weighted by Gasteiger charge is -2.19. The highest BCUT2D eigenvalue weighted by atomic mass is 15.5. The van der Waals surface area contributed by atoms with Crippen LogP contribution in [-0.4, -0.2) is 15.7 Å². The number of aromatic nitrogens is 2. The van der Waals surface area contributed by atoms with Gasteiger partial charge in [0.2, 0.25) is 0 Å². The number of nitrogens with zero attached hydrogens (tertiary/aromatic N) is 4. The average molecular weight is 302 g/mol. The van der Waals surface area contributed by atoms with Crippen molar-refractivity contribution in [2.75, 3.05) is 5.01 Å². The van der Waals surface area contributed by atoms with Crippen LogP contribution < -0.4 is 5.01 Å². The Bertz CT molecular complexity index is 758. The number of aryl methyl sites for hydroxylation is 1. The van der Waals surface area contributed by atoms with E-state index in [0.29, 0.717) is 0 Å². The standard InChI is InChI=1S/C19H18N4/c1-15-9-8-12-18(21-15)16(2)22-23(17-10-4-3-5-11-17)19-13-6-7-14-20-19/h3-14H,1-2H3. The number of hydrogen-bond donors (Lipinski definition) is 0. The van der Waals surface area contributed by atoms with Gasteiger partial charge in [0.15, 0.2) is 5.82 Å². The molecule has 0 atom stereocenters. The normalized spacial score (nSPS) is 11.3. The molecule has 114 valence electrons. The van der Waals surface area contributed by atoms with Gasteiger partial charge in [-0.2, -0.15) is 5.10 Å². The summed E-state index contributed by atoms with van der Waals surface area (Å²) in [4.78, 5) is 8.95. The van der Waals surface area contributed by atoms with Gasteiger partial charge in [0.05, 0.1) is 17.1 Å². The zero-order valence-corrected chi connectivity index (χ0v) is 13.2. The fraction of sp³-hybridized carbons (Fsp3) is 0.105. The van der Waals surface area contributed by atoms with Crippen molar-refractivity contribution < 1.29 is 0 Å². The molecular formula is C19H18N4. The molecule has 3 aromatic rings. The van der Waals surface area contributed by atoms with E-state index in [0.717, 1.165) is 28.6 Å². The van der Waals surface area contributed by atoms with Crippen LogP contribution in [0.2, 0.25) is 0 Å². The smallest absolute Gasteiger partial charge is 0.153 e. The summed E-state index contributed by atoms with van der Waals surface area (Å²) in [5.41, 5.74) is 3.63. The summed E-state index contributed by atoms with van der Waals surface area (Å²) in [7, 11) is 0. The van der Waals surface area contributed by atoms with Gasteiger partial charge in [-0.15, -0.1) is 0 Å². The van der Waals surface area contributed by atoms with E-state index in [4.69, 9.17) is 5.10 Å². The number of hydrazone groups is 1. The minimum absolute atomic E-state index is 0.769. The molecule has 4 nitrogen and oxygen atoms in total. The third-order valence-corrected chi connectivity index (χ3v) is 3.38. The molecule has 0 aliphatic heterocycles. The van der Waals surface area contributed by atoms with E-state index in [1.807, 2.05) is 85.6 Å². The molecule has 0 amide bonds. The van der Waals surface area contributed by atoms with E-state index in [-0.39, 0.29) is 0 Å². The predicted octanol–water partition coefficient (Wildman–Crippen LogP) is 4.35. The molecule has 0 radical (unpaired) electrons. The van der Waals surface area contributed by atoms with Gasteiger partial charge in [0.25, 0.3) is 0 Å². The van der Waals surface area contributed by atoms with Gasteiger partial charge in [-0.25, -0.2) is 9.99 Å². The molecule has 23 heavy (non-hydrogen) atoms. The minimum Gasteiger partial charge on any atom is -0.252 e. The van der Waals surface area contributed by atoms with Crippen LogP contribution in [0.15, 0.2) is 78.0 Å². The largest absolute Gasteiger partial charge is 0.252 e. The van der Waals surface area contributed by atoms with Crippen molar-refractivity contribution >= 4 is 17.2 Å². The number of para-hydroxylation sites is 1. The van der Waals surface area contributed by atoms with Crippen LogP contribution in [-0.2, 0) is 0 Å². The second-order valence-corrected chi connectivity index (χ2v) is 5.18. The second-order valence-electron chi connectivity index (χ2n) is 5.18. The van der Waals surface area contributed by atoms with Crippen LogP contribution >= 0.6 is 0 Å². The SMILES string of the molecule is CC(=NN(c1ccccc1)c1ccccn1)c1cccc(C)n1. The summed E-state index contributed by atoms with van der Waals surface area (Å²) in [5, 5.41) is 6.59. The molecule has 0 bridgehead atoms. The Balaban J connectivity index is 2.04. The van der Waals surface area contributed by atoms with E-state index in [2.05, 4.69) is 9.97 Å². The molecule has 2 aromatic heterocycles. The van der Waals surface area contributed by atoms with Gasteiger partial charge in [-0.1, -0.05) is 30.3 Å². The lowest BCUT2D eigenvalue weighted by molar-refractivity contribution is 1.03. The van der Waals surface area contributed by atoms with Gasteiger partial charge in [0.1, 0.15) is 0 Å². The molecule has 0 spiro atoms. The Morgan fingerprint density at radius 2 is 1.70 bits per heavy atom. The van der Waals surface area contributed by atoms with Gasteiger partial charge < -0.3 is 0 Å². The lowest BCUT2D eigenvalue weighted by atomic mass is 10.2. The summed E-state index contributed by atoms with van der Waals surface area (Å²) >= 11 is 0. The zero-order valence-electron chi connectivity index (χ0n) is 13.2. The summed E-state index contributed by atoms with van der Waals surface area (Å²) in [5.74, 6) is 0.769. The van der Waals surface area contributed by atoms with E-state index in [1.165, 1.54) is 0 Å². The van der Waals surface area contributed by atoms with E-state index in [9.17, 15) is 0 Å². The van der Waals surface area contributed by atoms with Crippen molar-refractivity contribution in [3.63, 3.8) is 0 Å². The lowest BCUT2D eigenvalue weighted by Crippen LogP contribution is -2.14. The highest BCUT2D eigenvalue weighted by Crippen LogP contribution is 2.23. The molecule has 0 N–H and O–H groups in total. The molecule has 2 heterocycles. The first kappa shape index (κ1) is 14.9. The van der Waals surface area contributed by atoms with Crippen LogP contribution in [0.3, 0.4) is 0 Å². The Morgan fingerprint density at radius 1 is 0.913 bits per heavy atom. The number of rotatable bonds is 4. The summed E-state index contributed by atoms with van der Waals surface area (Å²) in [6, 6.07) is 21.7. The van der Waals surface area contributed by atoms with Crippen LogP contribution in [0.4, 0.5) is 11.5 Å². The van der Waals surface area contributed by atoms with Crippen molar-refractivity contribution in [1.82, 2.24) is 9.97 Å². The fourth-order valence-corrected chi connectivity index (χ4v) is 2.24. The molecule has 0 unspecified atom stereocenters. The van der Waals surface area contributed by atoms with Crippen molar-refractivity contribution in [2.24, 2.45) is 5.10 Å². The third-order valence-electron chi connectivity index (χ3n) is 3.38. The van der Waals surface area contributed by atoms with E-state index < -0.39 is 0 Å². The van der Waals surface area contributed by atoms with Crippen LogP contribution in [0.1, 0.15) is 18.3 Å². The van der Waals surface area contributed by atoms with Crippen LogP contribution in [0, 0.1) is 6.92 Å². The molecule has 3 rings (SSSR count). The average Bonchev–Trinajstić information content (AvgIpc) is 2.61. The zero-order chi connectivity index (χ0) is 16.1. The third kappa shape index (κ3) is 3.61. The first-order valence-electron chi connectivity index (χ1n) is 7.49. The minimum atomic E-state index is 0.769. The molecule has 0 saturated carbocycles. The number of hydrogen-bond acceptors (Lipinski definition) is 4. The van der Waals surface area contributed by atoms with Gasteiger partial charge in [0, 0.05) is 11.9 Å². The van der Waals surface area contributed by atoms with Crippen molar-refractivity contribution in [3.05, 3.63) is 84.3 Å². The number of anilines is 2. The molecule has 4 heteroatoms. The molecule has 0 aliphatic rings. The molecule has 1 aromatic carbocycles. The van der Waals surface area contributed by atoms with Crippen molar-refractivity contribution in [1.29, 1.82) is 0 Å². The molecule has 0 fully saturated rings.